The summed E-state index contributed by atoms with van der Waals surface area (Å²) in [5, 5.41) is 9.91. The molecule has 3 rings (SSSR count). The summed E-state index contributed by atoms with van der Waals surface area (Å²) < 4.78 is 0. The number of hydrogen-bond acceptors (Lipinski definition) is 4. The zero-order valence-electron chi connectivity index (χ0n) is 14.7. The lowest BCUT2D eigenvalue weighted by Crippen LogP contribution is -2.25. The van der Waals surface area contributed by atoms with Crippen molar-refractivity contribution in [1.82, 2.24) is 20.1 Å². The molecule has 1 fully saturated rings. The first-order valence-corrected chi connectivity index (χ1v) is 9.30. The number of H-pyrrole nitrogens is 1. The molecule has 0 spiro atoms. The van der Waals surface area contributed by atoms with Crippen molar-refractivity contribution < 1.29 is 4.79 Å². The number of nitrogens with zero attached hydrogens (tertiary/aromatic N) is 3. The number of nitrogens with one attached hydrogen (secondary N) is 2. The number of hydrogen-bond donors (Lipinski definition) is 2. The van der Waals surface area contributed by atoms with E-state index in [0.29, 0.717) is 12.2 Å². The molecule has 2 N–H and O–H groups in total. The average molecular weight is 341 g/mol. The van der Waals surface area contributed by atoms with Gasteiger partial charge >= 0.3 is 0 Å². The second-order valence-electron chi connectivity index (χ2n) is 6.64. The van der Waals surface area contributed by atoms with Crippen LogP contribution >= 0.6 is 0 Å². The van der Waals surface area contributed by atoms with Gasteiger partial charge in [-0.15, -0.1) is 0 Å². The second-order valence-corrected chi connectivity index (χ2v) is 6.64. The van der Waals surface area contributed by atoms with Crippen LogP contribution in [0, 0.1) is 0 Å². The maximum atomic E-state index is 12.1. The van der Waals surface area contributed by atoms with Crippen LogP contribution in [0.25, 0.3) is 11.4 Å². The molecule has 6 nitrogen and oxygen atoms in total. The molecule has 1 aliphatic rings. The number of amides is 1. The quantitative estimate of drug-likeness (QED) is 0.757. The largest absolute Gasteiger partial charge is 0.309 e. The lowest BCUT2D eigenvalue weighted by atomic mass is 10.2. The Balaban J connectivity index is 1.37. The summed E-state index contributed by atoms with van der Waals surface area (Å²) in [5.74, 6) is 0.577. The molecule has 1 saturated heterocycles. The fourth-order valence-corrected chi connectivity index (χ4v) is 3.23. The maximum Gasteiger partial charge on any atom is 0.225 e. The molecule has 0 aliphatic carbocycles. The Bertz CT molecular complexity index is 647. The molecule has 1 amide bonds. The molecule has 0 radical (unpaired) electrons. The highest BCUT2D eigenvalue weighted by molar-refractivity contribution is 5.90. The van der Waals surface area contributed by atoms with E-state index in [2.05, 4.69) is 25.4 Å². The zero-order chi connectivity index (χ0) is 17.3. The van der Waals surface area contributed by atoms with E-state index in [0.717, 1.165) is 30.8 Å². The Morgan fingerprint density at radius 3 is 2.76 bits per heavy atom. The maximum absolute atomic E-state index is 12.1. The predicted molar refractivity (Wildman–Crippen MR) is 99.2 cm³/mol. The molecule has 3 heterocycles. The number of aromatic nitrogens is 3. The first-order chi connectivity index (χ1) is 12.3. The van der Waals surface area contributed by atoms with Gasteiger partial charge < -0.3 is 10.2 Å². The average Bonchev–Trinajstić information content (AvgIpc) is 2.94. The Kier molecular flexibility index (Phi) is 6.56. The Morgan fingerprint density at radius 2 is 2.00 bits per heavy atom. The molecule has 0 unspecified atom stereocenters. The molecule has 6 heteroatoms. The van der Waals surface area contributed by atoms with E-state index in [1.54, 1.807) is 6.20 Å². The molecule has 0 aromatic carbocycles. The van der Waals surface area contributed by atoms with E-state index in [4.69, 9.17) is 0 Å². The SMILES string of the molecule is O=C(CCCCN1CCCCCC1)Nc1cc(-c2ccccn2)[nH]n1. The molecule has 0 bridgehead atoms. The fraction of sp³-hybridized carbons (Fsp3) is 0.526. The number of carbonyl (C=O) groups excluding carboxylic acids is 1. The highest BCUT2D eigenvalue weighted by atomic mass is 16.1. The lowest BCUT2D eigenvalue weighted by Gasteiger charge is -2.19. The smallest absolute Gasteiger partial charge is 0.225 e. The van der Waals surface area contributed by atoms with Gasteiger partial charge in [0, 0.05) is 18.7 Å². The van der Waals surface area contributed by atoms with Crippen LogP contribution in [0.5, 0.6) is 0 Å². The number of rotatable bonds is 7. The van der Waals surface area contributed by atoms with Crippen molar-refractivity contribution >= 4 is 11.7 Å². The Morgan fingerprint density at radius 1 is 1.16 bits per heavy atom. The fourth-order valence-electron chi connectivity index (χ4n) is 3.23. The van der Waals surface area contributed by atoms with Gasteiger partial charge in [0.25, 0.3) is 0 Å². The van der Waals surface area contributed by atoms with E-state index in [9.17, 15) is 4.79 Å². The number of carbonyl (C=O) groups is 1. The first-order valence-electron chi connectivity index (χ1n) is 9.30. The number of anilines is 1. The zero-order valence-corrected chi connectivity index (χ0v) is 14.7. The van der Waals surface area contributed by atoms with Gasteiger partial charge in [0.1, 0.15) is 0 Å². The number of pyridine rings is 1. The Labute approximate surface area is 149 Å². The molecular weight excluding hydrogens is 314 g/mol. The summed E-state index contributed by atoms with van der Waals surface area (Å²) >= 11 is 0. The number of aromatic amines is 1. The highest BCUT2D eigenvalue weighted by Gasteiger charge is 2.10. The summed E-state index contributed by atoms with van der Waals surface area (Å²) in [4.78, 5) is 18.9. The van der Waals surface area contributed by atoms with Gasteiger partial charge in [-0.2, -0.15) is 5.10 Å². The van der Waals surface area contributed by atoms with Crippen LogP contribution < -0.4 is 5.32 Å². The van der Waals surface area contributed by atoms with Gasteiger partial charge in [-0.1, -0.05) is 18.9 Å². The summed E-state index contributed by atoms with van der Waals surface area (Å²) in [6, 6.07) is 7.51. The molecule has 134 valence electrons. The molecule has 2 aromatic heterocycles. The second kappa shape index (κ2) is 9.32. The third kappa shape index (κ3) is 5.67. The minimum atomic E-state index is 0.0231. The molecule has 2 aromatic rings. The van der Waals surface area contributed by atoms with Gasteiger partial charge in [0.05, 0.1) is 11.4 Å². The van der Waals surface area contributed by atoms with Gasteiger partial charge in [0.2, 0.25) is 5.91 Å². The van der Waals surface area contributed by atoms with Crippen molar-refractivity contribution in [2.75, 3.05) is 25.0 Å². The van der Waals surface area contributed by atoms with Crippen molar-refractivity contribution in [3.63, 3.8) is 0 Å². The van der Waals surface area contributed by atoms with Crippen molar-refractivity contribution in [2.24, 2.45) is 0 Å². The van der Waals surface area contributed by atoms with Crippen LogP contribution in [-0.2, 0) is 4.79 Å². The predicted octanol–water partition coefficient (Wildman–Crippen LogP) is 3.46. The van der Waals surface area contributed by atoms with Crippen molar-refractivity contribution in [3.05, 3.63) is 30.5 Å². The highest BCUT2D eigenvalue weighted by Crippen LogP contribution is 2.17. The van der Waals surface area contributed by atoms with Gasteiger partial charge in [-0.05, 0) is 57.5 Å². The van der Waals surface area contributed by atoms with Gasteiger partial charge in [0.15, 0.2) is 5.82 Å². The van der Waals surface area contributed by atoms with Gasteiger partial charge in [-0.25, -0.2) is 0 Å². The number of unbranched alkanes of at least 4 members (excludes halogenated alkanes) is 1. The minimum Gasteiger partial charge on any atom is -0.309 e. The van der Waals surface area contributed by atoms with Crippen molar-refractivity contribution in [3.8, 4) is 11.4 Å². The minimum absolute atomic E-state index is 0.0231. The summed E-state index contributed by atoms with van der Waals surface area (Å²) in [6.07, 6.45) is 9.63. The lowest BCUT2D eigenvalue weighted by molar-refractivity contribution is -0.116. The van der Waals surface area contributed by atoms with E-state index >= 15 is 0 Å². The first kappa shape index (κ1) is 17.6. The molecule has 1 aliphatic heterocycles. The van der Waals surface area contributed by atoms with Crippen LogP contribution in [0.3, 0.4) is 0 Å². The van der Waals surface area contributed by atoms with E-state index in [1.807, 2.05) is 24.3 Å². The number of likely N-dealkylation sites (tertiary alicyclic amines) is 1. The molecule has 25 heavy (non-hydrogen) atoms. The van der Waals surface area contributed by atoms with Crippen LogP contribution in [0.1, 0.15) is 44.9 Å². The monoisotopic (exact) mass is 341 g/mol. The summed E-state index contributed by atoms with van der Waals surface area (Å²) in [6.45, 7) is 3.55. The topological polar surface area (TPSA) is 73.9 Å². The van der Waals surface area contributed by atoms with Crippen LogP contribution in [0.15, 0.2) is 30.5 Å². The summed E-state index contributed by atoms with van der Waals surface area (Å²) in [7, 11) is 0. The summed E-state index contributed by atoms with van der Waals surface area (Å²) in [5.41, 5.74) is 1.62. The normalized spacial score (nSPS) is 15.7. The molecule has 0 saturated carbocycles. The van der Waals surface area contributed by atoms with Crippen LogP contribution in [-0.4, -0.2) is 45.6 Å². The Hall–Kier alpha value is -2.21. The van der Waals surface area contributed by atoms with Crippen LogP contribution in [0.2, 0.25) is 0 Å². The van der Waals surface area contributed by atoms with E-state index in [-0.39, 0.29) is 5.91 Å². The van der Waals surface area contributed by atoms with Crippen molar-refractivity contribution in [1.29, 1.82) is 0 Å². The third-order valence-corrected chi connectivity index (χ3v) is 4.61. The molecular formula is C19H27N5O. The van der Waals surface area contributed by atoms with E-state index < -0.39 is 0 Å². The van der Waals surface area contributed by atoms with E-state index in [1.165, 1.54) is 38.8 Å². The third-order valence-electron chi connectivity index (χ3n) is 4.61. The van der Waals surface area contributed by atoms with Gasteiger partial charge in [-0.3, -0.25) is 14.9 Å². The van der Waals surface area contributed by atoms with Crippen LogP contribution in [0.4, 0.5) is 5.82 Å². The standard InChI is InChI=1S/C19H27N5O/c25-19(10-4-8-14-24-12-6-1-2-7-13-24)21-18-15-17(22-23-18)16-9-3-5-11-20-16/h3,5,9,11,15H,1-2,4,6-8,10,12-14H2,(H2,21,22,23,25). The van der Waals surface area contributed by atoms with Crippen molar-refractivity contribution in [2.45, 2.75) is 44.9 Å². The molecule has 0 atom stereocenters.